The van der Waals surface area contributed by atoms with Crippen LogP contribution in [0.15, 0.2) is 0 Å². The van der Waals surface area contributed by atoms with Gasteiger partial charge in [-0.05, 0) is 38.9 Å². The third kappa shape index (κ3) is 3.95. The lowest BCUT2D eigenvalue weighted by Crippen LogP contribution is -2.45. The first-order valence-electron chi connectivity index (χ1n) is 5.70. The fourth-order valence-corrected chi connectivity index (χ4v) is 1.69. The molecule has 0 radical (unpaired) electrons. The van der Waals surface area contributed by atoms with Crippen molar-refractivity contribution >= 4 is 0 Å². The van der Waals surface area contributed by atoms with Gasteiger partial charge in [0.2, 0.25) is 0 Å². The fourth-order valence-electron chi connectivity index (χ4n) is 1.69. The number of rotatable bonds is 6. The maximum absolute atomic E-state index is 5.40. The van der Waals surface area contributed by atoms with Crippen LogP contribution in [0.5, 0.6) is 0 Å². The van der Waals surface area contributed by atoms with Crippen LogP contribution in [-0.2, 0) is 4.74 Å². The number of ether oxygens (including phenoxy) is 1. The second-order valence-corrected chi connectivity index (χ2v) is 4.66. The van der Waals surface area contributed by atoms with Crippen molar-refractivity contribution in [1.82, 2.24) is 10.6 Å². The molecule has 1 fully saturated rings. The molecule has 14 heavy (non-hydrogen) atoms. The first-order chi connectivity index (χ1) is 6.66. The predicted octanol–water partition coefficient (Wildman–Crippen LogP) is 1.00. The highest BCUT2D eigenvalue weighted by molar-refractivity contribution is 4.87. The molecular formula is C11H24N2O. The number of hydrogen-bond acceptors (Lipinski definition) is 3. The van der Waals surface area contributed by atoms with Gasteiger partial charge in [-0.1, -0.05) is 13.8 Å². The van der Waals surface area contributed by atoms with Crippen molar-refractivity contribution < 1.29 is 4.74 Å². The summed E-state index contributed by atoms with van der Waals surface area (Å²) in [6.45, 7) is 11.7. The van der Waals surface area contributed by atoms with E-state index in [0.717, 1.165) is 39.3 Å². The fraction of sp³-hybridized carbons (Fsp3) is 1.00. The number of nitrogens with one attached hydrogen (secondary N) is 2. The zero-order valence-corrected chi connectivity index (χ0v) is 9.73. The molecule has 2 unspecified atom stereocenters. The van der Waals surface area contributed by atoms with Gasteiger partial charge in [-0.2, -0.15) is 0 Å². The van der Waals surface area contributed by atoms with Crippen LogP contribution in [0.25, 0.3) is 0 Å². The zero-order chi connectivity index (χ0) is 10.4. The third-order valence-electron chi connectivity index (χ3n) is 2.84. The first-order valence-corrected chi connectivity index (χ1v) is 5.70. The van der Waals surface area contributed by atoms with Gasteiger partial charge in [0.15, 0.2) is 0 Å². The van der Waals surface area contributed by atoms with Crippen molar-refractivity contribution in [3.63, 3.8) is 0 Å². The molecule has 0 spiro atoms. The molecule has 0 amide bonds. The van der Waals surface area contributed by atoms with Gasteiger partial charge in [0, 0.05) is 12.1 Å². The average molecular weight is 200 g/mol. The van der Waals surface area contributed by atoms with Crippen LogP contribution in [0.2, 0.25) is 0 Å². The molecule has 1 rings (SSSR count). The van der Waals surface area contributed by atoms with E-state index in [9.17, 15) is 0 Å². The molecule has 2 atom stereocenters. The van der Waals surface area contributed by atoms with E-state index in [1.54, 1.807) is 0 Å². The summed E-state index contributed by atoms with van der Waals surface area (Å²) in [7, 11) is 0. The summed E-state index contributed by atoms with van der Waals surface area (Å²) in [5, 5.41) is 6.97. The summed E-state index contributed by atoms with van der Waals surface area (Å²) in [5.74, 6) is 0.687. The highest BCUT2D eigenvalue weighted by atomic mass is 16.5. The first kappa shape index (κ1) is 12.0. The summed E-state index contributed by atoms with van der Waals surface area (Å²) >= 11 is 0. The Kier molecular flexibility index (Phi) is 4.85. The summed E-state index contributed by atoms with van der Waals surface area (Å²) in [4.78, 5) is 0. The molecule has 1 aliphatic rings. The second kappa shape index (κ2) is 5.69. The topological polar surface area (TPSA) is 33.3 Å². The molecule has 1 saturated heterocycles. The molecule has 1 aliphatic heterocycles. The maximum Gasteiger partial charge on any atom is 0.0646 e. The molecule has 3 nitrogen and oxygen atoms in total. The third-order valence-corrected chi connectivity index (χ3v) is 2.84. The molecule has 0 bridgehead atoms. The smallest absolute Gasteiger partial charge is 0.0646 e. The Morgan fingerprint density at radius 1 is 1.43 bits per heavy atom. The van der Waals surface area contributed by atoms with Gasteiger partial charge in [0.05, 0.1) is 6.61 Å². The van der Waals surface area contributed by atoms with Crippen LogP contribution in [0.1, 0.15) is 27.2 Å². The maximum atomic E-state index is 5.40. The van der Waals surface area contributed by atoms with Crippen molar-refractivity contribution in [2.45, 2.75) is 32.7 Å². The molecule has 0 aromatic rings. The van der Waals surface area contributed by atoms with E-state index < -0.39 is 0 Å². The van der Waals surface area contributed by atoms with E-state index in [-0.39, 0.29) is 5.54 Å². The van der Waals surface area contributed by atoms with E-state index in [0.29, 0.717) is 5.92 Å². The molecule has 2 N–H and O–H groups in total. The SMILES string of the molecule is CCNCC(C)CNC1(C)CCOC1. The Bertz CT molecular complexity index is 155. The van der Waals surface area contributed by atoms with Gasteiger partial charge < -0.3 is 15.4 Å². The largest absolute Gasteiger partial charge is 0.379 e. The van der Waals surface area contributed by atoms with E-state index in [1.807, 2.05) is 0 Å². The van der Waals surface area contributed by atoms with Crippen LogP contribution < -0.4 is 10.6 Å². The monoisotopic (exact) mass is 200 g/mol. The zero-order valence-electron chi connectivity index (χ0n) is 9.73. The van der Waals surface area contributed by atoms with Gasteiger partial charge in [-0.25, -0.2) is 0 Å². The van der Waals surface area contributed by atoms with E-state index in [4.69, 9.17) is 4.74 Å². The molecule has 0 aliphatic carbocycles. The molecule has 0 aromatic heterocycles. The molecule has 84 valence electrons. The standard InChI is InChI=1S/C11H24N2O/c1-4-12-7-10(2)8-13-11(3)5-6-14-9-11/h10,12-13H,4-9H2,1-3H3. The van der Waals surface area contributed by atoms with Crippen LogP contribution in [0, 0.1) is 5.92 Å². The minimum atomic E-state index is 0.223. The van der Waals surface area contributed by atoms with Gasteiger partial charge in [-0.15, -0.1) is 0 Å². The quantitative estimate of drug-likeness (QED) is 0.671. The van der Waals surface area contributed by atoms with Gasteiger partial charge in [-0.3, -0.25) is 0 Å². The minimum Gasteiger partial charge on any atom is -0.379 e. The van der Waals surface area contributed by atoms with Crippen molar-refractivity contribution in [2.75, 3.05) is 32.8 Å². The lowest BCUT2D eigenvalue weighted by Gasteiger charge is -2.25. The summed E-state index contributed by atoms with van der Waals surface area (Å²) in [6, 6.07) is 0. The summed E-state index contributed by atoms with van der Waals surface area (Å²) in [6.07, 6.45) is 1.14. The number of hydrogen-bond donors (Lipinski definition) is 2. The Morgan fingerprint density at radius 2 is 2.21 bits per heavy atom. The molecule has 0 aromatic carbocycles. The summed E-state index contributed by atoms with van der Waals surface area (Å²) in [5.41, 5.74) is 0.223. The van der Waals surface area contributed by atoms with E-state index >= 15 is 0 Å². The molecule has 0 saturated carbocycles. The van der Waals surface area contributed by atoms with Crippen LogP contribution in [-0.4, -0.2) is 38.4 Å². The second-order valence-electron chi connectivity index (χ2n) is 4.66. The van der Waals surface area contributed by atoms with Crippen LogP contribution in [0.4, 0.5) is 0 Å². The highest BCUT2D eigenvalue weighted by Gasteiger charge is 2.28. The summed E-state index contributed by atoms with van der Waals surface area (Å²) < 4.78 is 5.40. The lowest BCUT2D eigenvalue weighted by atomic mass is 10.0. The van der Waals surface area contributed by atoms with Gasteiger partial charge in [0.1, 0.15) is 0 Å². The Labute approximate surface area is 87.6 Å². The van der Waals surface area contributed by atoms with E-state index in [1.165, 1.54) is 0 Å². The van der Waals surface area contributed by atoms with Crippen molar-refractivity contribution in [2.24, 2.45) is 5.92 Å². The Hall–Kier alpha value is -0.120. The molecule has 1 heterocycles. The molecular weight excluding hydrogens is 176 g/mol. The van der Waals surface area contributed by atoms with Crippen molar-refractivity contribution in [3.05, 3.63) is 0 Å². The Balaban J connectivity index is 2.12. The van der Waals surface area contributed by atoms with Crippen LogP contribution in [0.3, 0.4) is 0 Å². The van der Waals surface area contributed by atoms with Gasteiger partial charge >= 0.3 is 0 Å². The van der Waals surface area contributed by atoms with Crippen molar-refractivity contribution in [1.29, 1.82) is 0 Å². The minimum absolute atomic E-state index is 0.223. The Morgan fingerprint density at radius 3 is 2.79 bits per heavy atom. The molecule has 3 heteroatoms. The van der Waals surface area contributed by atoms with E-state index in [2.05, 4.69) is 31.4 Å². The van der Waals surface area contributed by atoms with Gasteiger partial charge in [0.25, 0.3) is 0 Å². The lowest BCUT2D eigenvalue weighted by molar-refractivity contribution is 0.170. The highest BCUT2D eigenvalue weighted by Crippen LogP contribution is 2.17. The predicted molar refractivity (Wildman–Crippen MR) is 59.6 cm³/mol. The van der Waals surface area contributed by atoms with Crippen LogP contribution >= 0.6 is 0 Å². The average Bonchev–Trinajstić information content (AvgIpc) is 2.60. The van der Waals surface area contributed by atoms with Crippen molar-refractivity contribution in [3.8, 4) is 0 Å². The normalized spacial score (nSPS) is 29.4.